The summed E-state index contributed by atoms with van der Waals surface area (Å²) in [5.41, 5.74) is 0.937. The van der Waals surface area contributed by atoms with Crippen molar-refractivity contribution in [2.75, 3.05) is 13.1 Å². The monoisotopic (exact) mass is 518 g/mol. The first-order valence-corrected chi connectivity index (χ1v) is 8.81. The van der Waals surface area contributed by atoms with E-state index in [9.17, 15) is 0 Å². The van der Waals surface area contributed by atoms with Crippen LogP contribution in [0.2, 0.25) is 0 Å². The summed E-state index contributed by atoms with van der Waals surface area (Å²) in [6, 6.07) is 13.7. The Morgan fingerprint density at radius 2 is 1.96 bits per heavy atom. The molecule has 0 aliphatic rings. The van der Waals surface area contributed by atoms with E-state index in [1.165, 1.54) is 0 Å². The number of ether oxygens (including phenoxy) is 1. The number of nitrogens with one attached hydrogen (secondary N) is 2. The Morgan fingerprint density at radius 3 is 2.64 bits per heavy atom. The quantitative estimate of drug-likeness (QED) is 0.330. The second-order valence-corrected chi connectivity index (χ2v) is 6.11. The zero-order valence-corrected chi connectivity index (χ0v) is 18.3. The molecule has 0 aliphatic carbocycles. The van der Waals surface area contributed by atoms with Crippen LogP contribution >= 0.6 is 39.9 Å². The molecule has 0 fully saturated rings. The summed E-state index contributed by atoms with van der Waals surface area (Å²) in [4.78, 5) is 8.83. The van der Waals surface area contributed by atoms with E-state index in [1.807, 2.05) is 56.3 Å². The van der Waals surface area contributed by atoms with Crippen molar-refractivity contribution in [3.05, 3.63) is 58.8 Å². The predicted molar refractivity (Wildman–Crippen MR) is 117 cm³/mol. The van der Waals surface area contributed by atoms with Gasteiger partial charge in [-0.05, 0) is 54.0 Å². The number of nitrogens with zero attached hydrogens (tertiary/aromatic N) is 2. The molecule has 1 aromatic carbocycles. The molecule has 136 valence electrons. The van der Waals surface area contributed by atoms with Crippen LogP contribution in [0.15, 0.2) is 58.1 Å². The number of halogens is 2. The minimum Gasteiger partial charge on any atom is -0.488 e. The SMILES string of the molecule is CCNC(=NCc1ccccn1)NCC(C)Oc1ccccc1Br.I. The fourth-order valence-corrected chi connectivity index (χ4v) is 2.41. The lowest BCUT2D eigenvalue weighted by atomic mass is 10.3. The first-order chi connectivity index (χ1) is 11.7. The van der Waals surface area contributed by atoms with Crippen LogP contribution < -0.4 is 15.4 Å². The summed E-state index contributed by atoms with van der Waals surface area (Å²) < 4.78 is 6.88. The highest BCUT2D eigenvalue weighted by Gasteiger charge is 2.08. The number of hydrogen-bond acceptors (Lipinski definition) is 3. The lowest BCUT2D eigenvalue weighted by Gasteiger charge is -2.18. The van der Waals surface area contributed by atoms with Gasteiger partial charge in [0.2, 0.25) is 0 Å². The largest absolute Gasteiger partial charge is 0.488 e. The first-order valence-electron chi connectivity index (χ1n) is 8.02. The average molecular weight is 519 g/mol. The number of guanidine groups is 1. The summed E-state index contributed by atoms with van der Waals surface area (Å²) in [6.45, 7) is 6.05. The number of benzene rings is 1. The molecule has 2 rings (SSSR count). The number of rotatable bonds is 7. The van der Waals surface area contributed by atoms with Crippen molar-refractivity contribution < 1.29 is 4.74 Å². The van der Waals surface area contributed by atoms with Crippen molar-refractivity contribution in [1.29, 1.82) is 0 Å². The number of hydrogen-bond donors (Lipinski definition) is 2. The molecule has 0 bridgehead atoms. The number of aromatic nitrogens is 1. The van der Waals surface area contributed by atoms with Gasteiger partial charge in [0.05, 0.1) is 23.3 Å². The number of para-hydroxylation sites is 1. The lowest BCUT2D eigenvalue weighted by molar-refractivity contribution is 0.222. The molecule has 0 saturated heterocycles. The maximum atomic E-state index is 5.93. The maximum Gasteiger partial charge on any atom is 0.191 e. The fourth-order valence-electron chi connectivity index (χ4n) is 2.03. The van der Waals surface area contributed by atoms with Crippen molar-refractivity contribution in [2.45, 2.75) is 26.5 Å². The minimum absolute atomic E-state index is 0. The smallest absolute Gasteiger partial charge is 0.191 e. The van der Waals surface area contributed by atoms with Crippen LogP contribution in [0.4, 0.5) is 0 Å². The van der Waals surface area contributed by atoms with Crippen LogP contribution in [-0.2, 0) is 6.54 Å². The average Bonchev–Trinajstić information content (AvgIpc) is 2.60. The molecule has 0 amide bonds. The summed E-state index contributed by atoms with van der Waals surface area (Å²) in [7, 11) is 0. The van der Waals surface area contributed by atoms with Gasteiger partial charge in [-0.3, -0.25) is 4.98 Å². The van der Waals surface area contributed by atoms with Gasteiger partial charge in [-0.2, -0.15) is 0 Å². The third-order valence-corrected chi connectivity index (χ3v) is 3.85. The Bertz CT molecular complexity index is 655. The van der Waals surface area contributed by atoms with E-state index >= 15 is 0 Å². The van der Waals surface area contributed by atoms with Gasteiger partial charge >= 0.3 is 0 Å². The van der Waals surface area contributed by atoms with E-state index in [4.69, 9.17) is 4.74 Å². The van der Waals surface area contributed by atoms with Crippen LogP contribution in [-0.4, -0.2) is 30.1 Å². The number of pyridine rings is 1. The molecular formula is C18H24BrIN4O. The number of aliphatic imine (C=N–C) groups is 1. The molecule has 1 unspecified atom stereocenters. The second kappa shape index (κ2) is 12.1. The third-order valence-electron chi connectivity index (χ3n) is 3.19. The molecule has 1 aromatic heterocycles. The molecule has 0 saturated carbocycles. The highest BCUT2D eigenvalue weighted by Crippen LogP contribution is 2.24. The summed E-state index contributed by atoms with van der Waals surface area (Å²) in [5.74, 6) is 1.59. The van der Waals surface area contributed by atoms with Crippen molar-refractivity contribution >= 4 is 45.9 Å². The van der Waals surface area contributed by atoms with Gasteiger partial charge in [0, 0.05) is 12.7 Å². The molecule has 2 aromatic rings. The Kier molecular flexibility index (Phi) is 10.5. The Balaban J connectivity index is 0.00000312. The molecule has 0 radical (unpaired) electrons. The molecular weight excluding hydrogens is 495 g/mol. The van der Waals surface area contributed by atoms with Gasteiger partial charge in [-0.15, -0.1) is 24.0 Å². The van der Waals surface area contributed by atoms with Gasteiger partial charge in [0.15, 0.2) is 5.96 Å². The van der Waals surface area contributed by atoms with Gasteiger partial charge in [-0.1, -0.05) is 18.2 Å². The molecule has 0 spiro atoms. The standard InChI is InChI=1S/C18H23BrN4O.HI/c1-3-20-18(23-13-15-8-6-7-11-21-15)22-12-14(2)24-17-10-5-4-9-16(17)19;/h4-11,14H,3,12-13H2,1-2H3,(H2,20,22,23);1H. The molecule has 7 heteroatoms. The molecule has 1 heterocycles. The first kappa shape index (κ1) is 21.7. The topological polar surface area (TPSA) is 58.5 Å². The Hall–Kier alpha value is -1.35. The summed E-state index contributed by atoms with van der Waals surface area (Å²) in [5, 5.41) is 6.53. The van der Waals surface area contributed by atoms with Gasteiger partial charge < -0.3 is 15.4 Å². The lowest BCUT2D eigenvalue weighted by Crippen LogP contribution is -2.41. The van der Waals surface area contributed by atoms with Crippen molar-refractivity contribution in [2.24, 2.45) is 4.99 Å². The normalized spacial score (nSPS) is 12.0. The molecule has 5 nitrogen and oxygen atoms in total. The van der Waals surface area contributed by atoms with Crippen LogP contribution in [0.1, 0.15) is 19.5 Å². The molecule has 25 heavy (non-hydrogen) atoms. The molecule has 0 aliphatic heterocycles. The third kappa shape index (κ3) is 8.04. The summed E-state index contributed by atoms with van der Waals surface area (Å²) in [6.07, 6.45) is 1.78. The Morgan fingerprint density at radius 1 is 1.20 bits per heavy atom. The zero-order chi connectivity index (χ0) is 17.2. The minimum atomic E-state index is 0. The zero-order valence-electron chi connectivity index (χ0n) is 14.4. The molecule has 1 atom stereocenters. The van der Waals surface area contributed by atoms with Crippen molar-refractivity contribution in [3.63, 3.8) is 0 Å². The van der Waals surface area contributed by atoms with E-state index < -0.39 is 0 Å². The van der Waals surface area contributed by atoms with Crippen LogP contribution in [0.5, 0.6) is 5.75 Å². The van der Waals surface area contributed by atoms with Crippen LogP contribution in [0.25, 0.3) is 0 Å². The second-order valence-electron chi connectivity index (χ2n) is 5.26. The van der Waals surface area contributed by atoms with E-state index in [0.29, 0.717) is 13.1 Å². The van der Waals surface area contributed by atoms with E-state index in [1.54, 1.807) is 6.20 Å². The highest BCUT2D eigenvalue weighted by molar-refractivity contribution is 14.0. The summed E-state index contributed by atoms with van der Waals surface area (Å²) >= 11 is 3.49. The van der Waals surface area contributed by atoms with Crippen molar-refractivity contribution in [1.82, 2.24) is 15.6 Å². The van der Waals surface area contributed by atoms with E-state index in [2.05, 4.69) is 36.5 Å². The van der Waals surface area contributed by atoms with Crippen LogP contribution in [0, 0.1) is 0 Å². The highest BCUT2D eigenvalue weighted by atomic mass is 127. The Labute approximate surface area is 174 Å². The van der Waals surface area contributed by atoms with Crippen molar-refractivity contribution in [3.8, 4) is 5.75 Å². The van der Waals surface area contributed by atoms with E-state index in [-0.39, 0.29) is 30.1 Å². The van der Waals surface area contributed by atoms with Gasteiger partial charge in [-0.25, -0.2) is 4.99 Å². The maximum absolute atomic E-state index is 5.93. The van der Waals surface area contributed by atoms with Gasteiger partial charge in [0.1, 0.15) is 11.9 Å². The van der Waals surface area contributed by atoms with E-state index in [0.717, 1.165) is 28.4 Å². The predicted octanol–water partition coefficient (Wildman–Crippen LogP) is 3.98. The fraction of sp³-hybridized carbons (Fsp3) is 0.333. The molecule has 2 N–H and O–H groups in total. The van der Waals surface area contributed by atoms with Crippen LogP contribution in [0.3, 0.4) is 0 Å². The van der Waals surface area contributed by atoms with Gasteiger partial charge in [0.25, 0.3) is 0 Å².